The van der Waals surface area contributed by atoms with Crippen molar-refractivity contribution in [3.63, 3.8) is 0 Å². The lowest BCUT2D eigenvalue weighted by Crippen LogP contribution is -2.36. The molecule has 4 N–H and O–H groups in total. The molecule has 0 spiro atoms. The second-order valence-electron chi connectivity index (χ2n) is 8.89. The number of aliphatic hydroxyl groups excluding tert-OH is 2. The summed E-state index contributed by atoms with van der Waals surface area (Å²) in [5.41, 5.74) is 0.490. The summed E-state index contributed by atoms with van der Waals surface area (Å²) < 4.78 is 5.10. The monoisotopic (exact) mass is 490 g/mol. The van der Waals surface area contributed by atoms with Gasteiger partial charge in [-0.25, -0.2) is 9.59 Å². The van der Waals surface area contributed by atoms with E-state index in [4.69, 9.17) is 20.1 Å². The number of ether oxygens (including phenoxy) is 1. The predicted molar refractivity (Wildman–Crippen MR) is 133 cm³/mol. The molecule has 0 radical (unpaired) electrons. The van der Waals surface area contributed by atoms with Crippen LogP contribution in [0, 0.1) is 11.3 Å². The fourth-order valence-electron chi connectivity index (χ4n) is 2.86. The first-order chi connectivity index (χ1) is 16.4. The van der Waals surface area contributed by atoms with Crippen LogP contribution in [0.25, 0.3) is 0 Å². The Morgan fingerprint density at radius 1 is 0.914 bits per heavy atom. The van der Waals surface area contributed by atoms with Crippen LogP contribution in [0.5, 0.6) is 0 Å². The summed E-state index contributed by atoms with van der Waals surface area (Å²) in [6, 6.07) is 15.2. The Balaban J connectivity index is 0.000000606. The third-order valence-electron chi connectivity index (χ3n) is 4.89. The van der Waals surface area contributed by atoms with Crippen molar-refractivity contribution < 1.29 is 39.5 Å². The summed E-state index contributed by atoms with van der Waals surface area (Å²) in [6.45, 7) is 9.60. The predicted octanol–water partition coefficient (Wildman–Crippen LogP) is 4.63. The van der Waals surface area contributed by atoms with Crippen molar-refractivity contribution in [2.45, 2.75) is 60.2 Å². The van der Waals surface area contributed by atoms with Crippen molar-refractivity contribution in [3.05, 3.63) is 71.3 Å². The standard InChI is InChI=1S/C15H12O4.C8H18O2.C4H8O2/c16-14(17)12-8-4-5-9-13(12)15(18)19-10-11-6-2-1-3-7-11;1-6(2)7(10)8(3,4)5-9;1-2-3-4(5)6/h1-9H,10H2,(H,16,17);6-7,9-10H,5H2,1-4H3;2-3H2,1H3,(H,5,6). The smallest absolute Gasteiger partial charge is 0.339 e. The molecule has 0 amide bonds. The molecule has 0 aliphatic rings. The zero-order valence-corrected chi connectivity index (χ0v) is 21.1. The highest BCUT2D eigenvalue weighted by Crippen LogP contribution is 2.24. The van der Waals surface area contributed by atoms with Crippen molar-refractivity contribution in [3.8, 4) is 0 Å². The molecule has 0 bridgehead atoms. The Hall–Kier alpha value is -3.23. The lowest BCUT2D eigenvalue weighted by Gasteiger charge is -2.30. The maximum absolute atomic E-state index is 11.9. The summed E-state index contributed by atoms with van der Waals surface area (Å²) in [7, 11) is 0. The van der Waals surface area contributed by atoms with Crippen LogP contribution in [-0.4, -0.2) is 51.0 Å². The molecule has 0 aromatic heterocycles. The minimum absolute atomic E-state index is 0.0341. The maximum Gasteiger partial charge on any atom is 0.339 e. The lowest BCUT2D eigenvalue weighted by molar-refractivity contribution is -0.137. The van der Waals surface area contributed by atoms with Crippen LogP contribution in [0.4, 0.5) is 0 Å². The molecule has 2 rings (SSSR count). The van der Waals surface area contributed by atoms with Gasteiger partial charge in [-0.2, -0.15) is 0 Å². The van der Waals surface area contributed by atoms with Gasteiger partial charge in [-0.3, -0.25) is 4.79 Å². The minimum atomic E-state index is -1.15. The van der Waals surface area contributed by atoms with Gasteiger partial charge in [0.2, 0.25) is 0 Å². The molecule has 194 valence electrons. The molecule has 35 heavy (non-hydrogen) atoms. The van der Waals surface area contributed by atoms with E-state index in [1.165, 1.54) is 12.1 Å². The fourth-order valence-corrected chi connectivity index (χ4v) is 2.86. The van der Waals surface area contributed by atoms with Crippen molar-refractivity contribution in [2.24, 2.45) is 11.3 Å². The van der Waals surface area contributed by atoms with Gasteiger partial charge < -0.3 is 25.2 Å². The number of aliphatic hydroxyl groups is 2. The second kappa shape index (κ2) is 16.4. The van der Waals surface area contributed by atoms with E-state index in [0.717, 1.165) is 12.0 Å². The molecule has 0 aliphatic heterocycles. The molecule has 1 unspecified atom stereocenters. The Morgan fingerprint density at radius 3 is 1.80 bits per heavy atom. The van der Waals surface area contributed by atoms with Crippen LogP contribution in [0.15, 0.2) is 54.6 Å². The maximum atomic E-state index is 11.9. The van der Waals surface area contributed by atoms with Crippen molar-refractivity contribution >= 4 is 17.9 Å². The number of aliphatic carboxylic acids is 1. The molecular weight excluding hydrogens is 452 g/mol. The summed E-state index contributed by atoms with van der Waals surface area (Å²) in [6.07, 6.45) is 0.604. The molecule has 0 saturated heterocycles. The van der Waals surface area contributed by atoms with Gasteiger partial charge in [0.25, 0.3) is 0 Å². The van der Waals surface area contributed by atoms with Crippen LogP contribution in [0.1, 0.15) is 73.7 Å². The van der Waals surface area contributed by atoms with E-state index < -0.39 is 24.0 Å². The number of carboxylic acids is 2. The van der Waals surface area contributed by atoms with Gasteiger partial charge in [-0.05, 0) is 30.0 Å². The number of carboxylic acid groups (broad SMARTS) is 2. The highest BCUT2D eigenvalue weighted by molar-refractivity contribution is 6.02. The zero-order chi connectivity index (χ0) is 27.0. The number of carbonyl (C=O) groups excluding carboxylic acids is 1. The van der Waals surface area contributed by atoms with Crippen molar-refractivity contribution in [1.29, 1.82) is 0 Å². The molecule has 2 aromatic carbocycles. The summed E-state index contributed by atoms with van der Waals surface area (Å²) in [4.78, 5) is 32.4. The summed E-state index contributed by atoms with van der Waals surface area (Å²) in [5.74, 6) is -2.28. The number of hydrogen-bond donors (Lipinski definition) is 4. The van der Waals surface area contributed by atoms with E-state index in [-0.39, 0.29) is 35.7 Å². The van der Waals surface area contributed by atoms with Crippen LogP contribution in [0.2, 0.25) is 0 Å². The topological polar surface area (TPSA) is 141 Å². The minimum Gasteiger partial charge on any atom is -0.481 e. The molecule has 0 aliphatic carbocycles. The molecule has 0 fully saturated rings. The van der Waals surface area contributed by atoms with E-state index in [2.05, 4.69) is 0 Å². The summed E-state index contributed by atoms with van der Waals surface area (Å²) >= 11 is 0. The fraction of sp³-hybridized carbons (Fsp3) is 0.444. The third-order valence-corrected chi connectivity index (χ3v) is 4.89. The van der Waals surface area contributed by atoms with Crippen molar-refractivity contribution in [2.75, 3.05) is 6.61 Å². The van der Waals surface area contributed by atoms with Crippen molar-refractivity contribution in [1.82, 2.24) is 0 Å². The van der Waals surface area contributed by atoms with Crippen LogP contribution >= 0.6 is 0 Å². The number of aromatic carboxylic acids is 1. The third kappa shape index (κ3) is 12.7. The molecule has 1 atom stereocenters. The molecular formula is C27H38O8. The lowest BCUT2D eigenvalue weighted by atomic mass is 9.82. The molecule has 0 heterocycles. The van der Waals surface area contributed by atoms with Crippen LogP contribution in [0.3, 0.4) is 0 Å². The van der Waals surface area contributed by atoms with Gasteiger partial charge >= 0.3 is 17.9 Å². The first-order valence-corrected chi connectivity index (χ1v) is 11.4. The van der Waals surface area contributed by atoms with Gasteiger partial charge in [0.1, 0.15) is 6.61 Å². The van der Waals surface area contributed by atoms with Crippen LogP contribution in [-0.2, 0) is 16.1 Å². The number of hydrogen-bond acceptors (Lipinski definition) is 6. The van der Waals surface area contributed by atoms with Gasteiger partial charge in [0.15, 0.2) is 0 Å². The quantitative estimate of drug-likeness (QED) is 0.373. The summed E-state index contributed by atoms with van der Waals surface area (Å²) in [5, 5.41) is 35.3. The van der Waals surface area contributed by atoms with E-state index >= 15 is 0 Å². The Bertz CT molecular complexity index is 906. The first-order valence-electron chi connectivity index (χ1n) is 11.4. The van der Waals surface area contributed by atoms with Gasteiger partial charge in [0.05, 0.1) is 23.8 Å². The highest BCUT2D eigenvalue weighted by Gasteiger charge is 2.29. The number of benzene rings is 2. The van der Waals surface area contributed by atoms with E-state index in [0.29, 0.717) is 6.42 Å². The van der Waals surface area contributed by atoms with Crippen LogP contribution < -0.4 is 0 Å². The van der Waals surface area contributed by atoms with E-state index in [1.807, 2.05) is 65.0 Å². The highest BCUT2D eigenvalue weighted by atomic mass is 16.5. The number of carbonyl (C=O) groups is 3. The molecule has 0 saturated carbocycles. The molecule has 2 aromatic rings. The Morgan fingerprint density at radius 2 is 1.43 bits per heavy atom. The second-order valence-corrected chi connectivity index (χ2v) is 8.89. The molecule has 8 nitrogen and oxygen atoms in total. The number of rotatable bonds is 9. The molecule has 8 heteroatoms. The van der Waals surface area contributed by atoms with E-state index in [1.54, 1.807) is 12.1 Å². The first kappa shape index (κ1) is 31.8. The SMILES string of the molecule is CC(C)C(O)C(C)(C)CO.CCCC(=O)O.O=C(O)c1ccccc1C(=O)OCc1ccccc1. The van der Waals surface area contributed by atoms with Gasteiger partial charge in [-0.15, -0.1) is 0 Å². The number of esters is 1. The van der Waals surface area contributed by atoms with Gasteiger partial charge in [0, 0.05) is 11.8 Å². The average molecular weight is 491 g/mol. The normalized spacial score (nSPS) is 11.3. The van der Waals surface area contributed by atoms with E-state index in [9.17, 15) is 19.5 Å². The zero-order valence-electron chi connectivity index (χ0n) is 21.1. The largest absolute Gasteiger partial charge is 0.481 e. The Kier molecular flexibility index (Phi) is 14.9. The Labute approximate surface area is 207 Å². The van der Waals surface area contributed by atoms with Gasteiger partial charge in [-0.1, -0.05) is 77.1 Å². The average Bonchev–Trinajstić information content (AvgIpc) is 2.83.